The summed E-state index contributed by atoms with van der Waals surface area (Å²) in [6, 6.07) is 0. The van der Waals surface area contributed by atoms with Crippen molar-refractivity contribution in [3.63, 3.8) is 0 Å². The highest BCUT2D eigenvalue weighted by Crippen LogP contribution is 1.85. The van der Waals surface area contributed by atoms with Crippen LogP contribution in [0.25, 0.3) is 0 Å². The number of rotatable bonds is 3. The van der Waals surface area contributed by atoms with Crippen molar-refractivity contribution in [2.24, 2.45) is 0 Å². The summed E-state index contributed by atoms with van der Waals surface area (Å²) in [5.74, 6) is 0. The first-order valence-corrected chi connectivity index (χ1v) is 4.14. The summed E-state index contributed by atoms with van der Waals surface area (Å²) in [5.41, 5.74) is 0.289. The summed E-state index contributed by atoms with van der Waals surface area (Å²) in [4.78, 5) is 0. The average molecular weight is 147 g/mol. The number of allylic oxidation sites excluding steroid dienone is 1. The van der Waals surface area contributed by atoms with Crippen molar-refractivity contribution in [3.05, 3.63) is 24.9 Å². The maximum Gasteiger partial charge on any atom is 0.229 e. The second kappa shape index (κ2) is 2.68. The van der Waals surface area contributed by atoms with Crippen molar-refractivity contribution in [1.82, 2.24) is 4.72 Å². The zero-order valence-corrected chi connectivity index (χ0v) is 6.03. The van der Waals surface area contributed by atoms with Gasteiger partial charge in [-0.05, 0) is 6.08 Å². The first-order valence-electron chi connectivity index (χ1n) is 2.25. The molecule has 0 saturated heterocycles. The molecule has 0 aliphatic carbocycles. The molecule has 4 heteroatoms. The van der Waals surface area contributed by atoms with E-state index in [-0.39, 0.29) is 5.70 Å². The molecule has 0 aliphatic heterocycles. The number of hydrogen-bond acceptors (Lipinski definition) is 2. The number of sulfonamides is 1. The van der Waals surface area contributed by atoms with Crippen LogP contribution in [0.1, 0.15) is 0 Å². The maximum absolute atomic E-state index is 10.4. The topological polar surface area (TPSA) is 46.2 Å². The highest BCUT2D eigenvalue weighted by molar-refractivity contribution is 7.88. The molecule has 9 heavy (non-hydrogen) atoms. The molecule has 0 radical (unpaired) electrons. The third kappa shape index (κ3) is 5.10. The molecule has 0 amide bonds. The van der Waals surface area contributed by atoms with Crippen LogP contribution in [-0.2, 0) is 10.0 Å². The van der Waals surface area contributed by atoms with E-state index in [4.69, 9.17) is 0 Å². The highest BCUT2D eigenvalue weighted by atomic mass is 32.2. The van der Waals surface area contributed by atoms with E-state index < -0.39 is 10.0 Å². The molecule has 0 rings (SSSR count). The molecule has 0 unspecified atom stereocenters. The first-order chi connectivity index (χ1) is 3.95. The largest absolute Gasteiger partial charge is 0.284 e. The van der Waals surface area contributed by atoms with E-state index in [1.54, 1.807) is 0 Å². The van der Waals surface area contributed by atoms with Gasteiger partial charge in [-0.3, -0.25) is 4.72 Å². The minimum absolute atomic E-state index is 0.289. The lowest BCUT2D eigenvalue weighted by Gasteiger charge is -1.99. The van der Waals surface area contributed by atoms with E-state index >= 15 is 0 Å². The molecule has 0 aromatic rings. The lowest BCUT2D eigenvalue weighted by atomic mass is 10.5. The molecule has 52 valence electrons. The van der Waals surface area contributed by atoms with Gasteiger partial charge in [-0.15, -0.1) is 0 Å². The number of hydrogen-bond donors (Lipinski definition) is 1. The Balaban J connectivity index is 4.06. The van der Waals surface area contributed by atoms with E-state index in [1.807, 2.05) is 0 Å². The van der Waals surface area contributed by atoms with Crippen LogP contribution < -0.4 is 4.72 Å². The lowest BCUT2D eigenvalue weighted by Crippen LogP contribution is -2.19. The summed E-state index contributed by atoms with van der Waals surface area (Å²) >= 11 is 0. The molecule has 1 N–H and O–H groups in total. The standard InChI is InChI=1S/C5H9NO2S/c1-4-5(2)6-9(3,7)8/h4,6H,1-2H2,3H3. The van der Waals surface area contributed by atoms with E-state index in [9.17, 15) is 8.42 Å². The molecule has 0 aromatic heterocycles. The molecule has 0 atom stereocenters. The van der Waals surface area contributed by atoms with Crippen LogP contribution >= 0.6 is 0 Å². The Morgan fingerprint density at radius 3 is 2.22 bits per heavy atom. The van der Waals surface area contributed by atoms with Crippen LogP contribution in [-0.4, -0.2) is 14.7 Å². The second-order valence-electron chi connectivity index (χ2n) is 1.60. The quantitative estimate of drug-likeness (QED) is 0.581. The van der Waals surface area contributed by atoms with Crippen molar-refractivity contribution < 1.29 is 8.42 Å². The summed E-state index contributed by atoms with van der Waals surface area (Å²) in [6.45, 7) is 6.67. The minimum Gasteiger partial charge on any atom is -0.284 e. The molecule has 0 aromatic carbocycles. The predicted octanol–water partition coefficient (Wildman–Crippen LogP) is 0.235. The molecule has 0 aliphatic rings. The van der Waals surface area contributed by atoms with E-state index in [0.717, 1.165) is 6.26 Å². The van der Waals surface area contributed by atoms with E-state index in [2.05, 4.69) is 17.9 Å². The fourth-order valence-corrected chi connectivity index (χ4v) is 0.839. The van der Waals surface area contributed by atoms with Gasteiger partial charge in [-0.2, -0.15) is 0 Å². The molecular formula is C5H9NO2S. The van der Waals surface area contributed by atoms with Gasteiger partial charge in [0.15, 0.2) is 0 Å². The fourth-order valence-electron chi connectivity index (χ4n) is 0.280. The van der Waals surface area contributed by atoms with Gasteiger partial charge in [0.2, 0.25) is 10.0 Å². The fraction of sp³-hybridized carbons (Fsp3) is 0.200. The Morgan fingerprint density at radius 1 is 1.67 bits per heavy atom. The normalized spacial score (nSPS) is 10.3. The Kier molecular flexibility index (Phi) is 2.45. The number of nitrogens with one attached hydrogen (secondary N) is 1. The van der Waals surface area contributed by atoms with Crippen LogP contribution in [0, 0.1) is 0 Å². The zero-order valence-electron chi connectivity index (χ0n) is 5.22. The van der Waals surface area contributed by atoms with Gasteiger partial charge in [-0.1, -0.05) is 13.2 Å². The van der Waals surface area contributed by atoms with Crippen LogP contribution in [0.4, 0.5) is 0 Å². The minimum atomic E-state index is -3.16. The van der Waals surface area contributed by atoms with Crippen molar-refractivity contribution in [1.29, 1.82) is 0 Å². The SMILES string of the molecule is C=CC(=C)NS(C)(=O)=O. The average Bonchev–Trinajstić information content (AvgIpc) is 1.62. The lowest BCUT2D eigenvalue weighted by molar-refractivity contribution is 0.595. The van der Waals surface area contributed by atoms with Crippen molar-refractivity contribution in [3.8, 4) is 0 Å². The maximum atomic E-state index is 10.4. The van der Waals surface area contributed by atoms with Crippen LogP contribution in [0.5, 0.6) is 0 Å². The molecule has 0 fully saturated rings. The van der Waals surface area contributed by atoms with Gasteiger partial charge in [0, 0.05) is 5.70 Å². The highest BCUT2D eigenvalue weighted by Gasteiger charge is 1.96. The molecule has 3 nitrogen and oxygen atoms in total. The van der Waals surface area contributed by atoms with E-state index in [0.29, 0.717) is 0 Å². The Bertz CT molecular complexity index is 215. The van der Waals surface area contributed by atoms with Gasteiger partial charge in [-0.25, -0.2) is 8.42 Å². The van der Waals surface area contributed by atoms with Gasteiger partial charge in [0.1, 0.15) is 0 Å². The van der Waals surface area contributed by atoms with Gasteiger partial charge < -0.3 is 0 Å². The molecule has 0 heterocycles. The summed E-state index contributed by atoms with van der Waals surface area (Å²) < 4.78 is 22.9. The Hall–Kier alpha value is -0.770. The van der Waals surface area contributed by atoms with Crippen molar-refractivity contribution >= 4 is 10.0 Å². The van der Waals surface area contributed by atoms with E-state index in [1.165, 1.54) is 6.08 Å². The first kappa shape index (κ1) is 8.23. The Labute approximate surface area is 55.1 Å². The summed E-state index contributed by atoms with van der Waals surface area (Å²) in [5, 5.41) is 0. The summed E-state index contributed by atoms with van der Waals surface area (Å²) in [6.07, 6.45) is 2.39. The van der Waals surface area contributed by atoms with Crippen molar-refractivity contribution in [2.75, 3.05) is 6.26 Å². The van der Waals surface area contributed by atoms with Gasteiger partial charge in [0.05, 0.1) is 6.26 Å². The molecule has 0 bridgehead atoms. The molecular weight excluding hydrogens is 138 g/mol. The van der Waals surface area contributed by atoms with Crippen molar-refractivity contribution in [2.45, 2.75) is 0 Å². The third-order valence-corrected chi connectivity index (χ3v) is 1.20. The Morgan fingerprint density at radius 2 is 2.11 bits per heavy atom. The molecule has 0 saturated carbocycles. The predicted molar refractivity (Wildman–Crippen MR) is 37.3 cm³/mol. The monoisotopic (exact) mass is 147 g/mol. The third-order valence-electron chi connectivity index (χ3n) is 0.563. The van der Waals surface area contributed by atoms with Crippen LogP contribution in [0.3, 0.4) is 0 Å². The van der Waals surface area contributed by atoms with Crippen LogP contribution in [0.2, 0.25) is 0 Å². The molecule has 0 spiro atoms. The van der Waals surface area contributed by atoms with Gasteiger partial charge >= 0.3 is 0 Å². The van der Waals surface area contributed by atoms with Crippen LogP contribution in [0.15, 0.2) is 24.9 Å². The smallest absolute Gasteiger partial charge is 0.229 e. The zero-order chi connectivity index (χ0) is 7.49. The second-order valence-corrected chi connectivity index (χ2v) is 3.35. The summed E-state index contributed by atoms with van der Waals surface area (Å²) in [7, 11) is -3.16. The van der Waals surface area contributed by atoms with Gasteiger partial charge in [0.25, 0.3) is 0 Å².